The van der Waals surface area contributed by atoms with Gasteiger partial charge >= 0.3 is 0 Å². The van der Waals surface area contributed by atoms with Gasteiger partial charge in [-0.05, 0) is 43.7 Å². The molecule has 0 unspecified atom stereocenters. The summed E-state index contributed by atoms with van der Waals surface area (Å²) >= 11 is 1.61. The summed E-state index contributed by atoms with van der Waals surface area (Å²) in [5, 5.41) is 30.1. The van der Waals surface area contributed by atoms with E-state index < -0.39 is 0 Å². The van der Waals surface area contributed by atoms with Crippen molar-refractivity contribution in [3.05, 3.63) is 36.7 Å². The van der Waals surface area contributed by atoms with Gasteiger partial charge < -0.3 is 15.3 Å². The molecule has 4 aromatic rings. The van der Waals surface area contributed by atoms with Gasteiger partial charge in [0.25, 0.3) is 0 Å². The maximum atomic E-state index is 10.5. The lowest BCUT2D eigenvalue weighted by Crippen LogP contribution is -2.50. The van der Waals surface area contributed by atoms with Crippen LogP contribution in [0.1, 0.15) is 12.8 Å². The van der Waals surface area contributed by atoms with Crippen LogP contribution < -0.4 is 10.2 Å². The van der Waals surface area contributed by atoms with Gasteiger partial charge in [-0.1, -0.05) is 17.4 Å². The number of aromatic nitrogens is 5. The minimum Gasteiger partial charge on any atom is -0.507 e. The Morgan fingerprint density at radius 1 is 1.16 bits per heavy atom. The largest absolute Gasteiger partial charge is 0.507 e. The summed E-state index contributed by atoms with van der Waals surface area (Å²) in [6.45, 7) is 0. The van der Waals surface area contributed by atoms with Crippen molar-refractivity contribution in [3.8, 4) is 28.1 Å². The normalized spacial score (nSPS) is 17.5. The molecule has 3 heterocycles. The van der Waals surface area contributed by atoms with Crippen LogP contribution in [0.15, 0.2) is 36.7 Å². The lowest BCUT2D eigenvalue weighted by Gasteiger charge is -2.40. The van der Waals surface area contributed by atoms with Gasteiger partial charge in [-0.15, -0.1) is 35.0 Å². The summed E-state index contributed by atoms with van der Waals surface area (Å²) in [4.78, 5) is 6.88. The lowest BCUT2D eigenvalue weighted by atomic mass is 9.86. The molecule has 3 aromatic heterocycles. The Morgan fingerprint density at radius 2 is 1.97 bits per heavy atom. The van der Waals surface area contributed by atoms with E-state index in [2.05, 4.69) is 42.6 Å². The third kappa shape index (κ3) is 4.31. The zero-order valence-electron chi connectivity index (χ0n) is 16.9. The molecule has 0 bridgehead atoms. The SMILES string of the molecule is CN[C@H]1C[C@H](N(C)c2nc3nnc(-c4ccc(-c5cn[nH]c5)cc4O)cc3s2)C1.Cl.Cl. The predicted octanol–water partition coefficient (Wildman–Crippen LogP) is 3.88. The number of phenolic OH excluding ortho intramolecular Hbond substituents is 1. The number of H-pyrrole nitrogens is 1. The summed E-state index contributed by atoms with van der Waals surface area (Å²) in [6.07, 6.45) is 5.75. The zero-order chi connectivity index (χ0) is 20.0. The number of fused-ring (bicyclic) bond motifs is 1. The number of hydrogen-bond acceptors (Lipinski definition) is 8. The standard InChI is InChI=1S/C20H21N7OS.2ClH/c1-21-13-6-14(7-13)27(2)20-24-19-18(29-20)8-16(25-26-19)15-4-3-11(5-17(15)28)12-9-22-23-10-12;;/h3-5,8-10,13-14,21,28H,6-7H2,1-2H3,(H,22,23);2*1H/t13-,14-;;. The number of halogens is 2. The summed E-state index contributed by atoms with van der Waals surface area (Å²) in [5.41, 5.74) is 3.71. The van der Waals surface area contributed by atoms with E-state index >= 15 is 0 Å². The minimum absolute atomic E-state index is 0. The maximum absolute atomic E-state index is 10.5. The number of aromatic hydroxyl groups is 1. The molecule has 1 saturated carbocycles. The first-order valence-corrected chi connectivity index (χ1v) is 10.3. The zero-order valence-corrected chi connectivity index (χ0v) is 19.4. The number of nitrogens with zero attached hydrogens (tertiary/aromatic N) is 5. The Kier molecular flexibility index (Phi) is 7.00. The number of thiazole rings is 1. The van der Waals surface area contributed by atoms with E-state index in [4.69, 9.17) is 0 Å². The first kappa shape index (κ1) is 23.2. The molecule has 3 N–H and O–H groups in total. The number of phenols is 1. The van der Waals surface area contributed by atoms with E-state index in [1.54, 1.807) is 29.8 Å². The smallest absolute Gasteiger partial charge is 0.194 e. The van der Waals surface area contributed by atoms with Crippen molar-refractivity contribution in [1.29, 1.82) is 0 Å². The molecule has 0 spiro atoms. The fourth-order valence-corrected chi connectivity index (χ4v) is 4.62. The van der Waals surface area contributed by atoms with E-state index in [1.807, 2.05) is 25.2 Å². The maximum Gasteiger partial charge on any atom is 0.194 e. The van der Waals surface area contributed by atoms with Crippen LogP contribution in [0.2, 0.25) is 0 Å². The Labute approximate surface area is 195 Å². The van der Waals surface area contributed by atoms with Crippen LogP contribution in [-0.4, -0.2) is 56.7 Å². The highest BCUT2D eigenvalue weighted by atomic mass is 35.5. The highest BCUT2D eigenvalue weighted by molar-refractivity contribution is 7.22. The predicted molar refractivity (Wildman–Crippen MR) is 129 cm³/mol. The number of hydrogen-bond donors (Lipinski definition) is 3. The van der Waals surface area contributed by atoms with Crippen LogP contribution in [0.4, 0.5) is 5.13 Å². The highest BCUT2D eigenvalue weighted by Gasteiger charge is 2.32. The van der Waals surface area contributed by atoms with Crippen molar-refractivity contribution >= 4 is 51.6 Å². The van der Waals surface area contributed by atoms with Gasteiger partial charge in [0.05, 0.1) is 16.6 Å². The molecule has 0 saturated heterocycles. The van der Waals surface area contributed by atoms with Crippen molar-refractivity contribution in [1.82, 2.24) is 30.7 Å². The summed E-state index contributed by atoms with van der Waals surface area (Å²) in [7, 11) is 4.09. The molecular weight excluding hydrogens is 457 g/mol. The minimum atomic E-state index is 0. The van der Waals surface area contributed by atoms with Crippen LogP contribution in [0, 0.1) is 0 Å². The molecule has 1 aliphatic carbocycles. The van der Waals surface area contributed by atoms with Gasteiger partial charge in [-0.2, -0.15) is 10.1 Å². The quantitative estimate of drug-likeness (QED) is 0.398. The van der Waals surface area contributed by atoms with Gasteiger partial charge in [0.1, 0.15) is 5.75 Å². The van der Waals surface area contributed by atoms with Crippen molar-refractivity contribution in [2.75, 3.05) is 19.0 Å². The summed E-state index contributed by atoms with van der Waals surface area (Å²) in [5.74, 6) is 0.159. The summed E-state index contributed by atoms with van der Waals surface area (Å²) in [6, 6.07) is 8.55. The Balaban J connectivity index is 0.00000136. The first-order chi connectivity index (χ1) is 14.1. The van der Waals surface area contributed by atoms with Gasteiger partial charge in [-0.3, -0.25) is 5.10 Å². The van der Waals surface area contributed by atoms with E-state index in [-0.39, 0.29) is 30.6 Å². The van der Waals surface area contributed by atoms with E-state index in [1.165, 1.54) is 0 Å². The van der Waals surface area contributed by atoms with Crippen molar-refractivity contribution in [2.45, 2.75) is 24.9 Å². The fourth-order valence-electron chi connectivity index (χ4n) is 3.65. The molecule has 0 atom stereocenters. The molecule has 31 heavy (non-hydrogen) atoms. The molecule has 0 radical (unpaired) electrons. The molecule has 0 amide bonds. The van der Waals surface area contributed by atoms with E-state index in [9.17, 15) is 5.11 Å². The van der Waals surface area contributed by atoms with E-state index in [0.717, 1.165) is 33.8 Å². The number of rotatable bonds is 5. The third-order valence-electron chi connectivity index (χ3n) is 5.62. The Morgan fingerprint density at radius 3 is 2.65 bits per heavy atom. The number of aromatic amines is 1. The van der Waals surface area contributed by atoms with Crippen molar-refractivity contribution < 1.29 is 5.11 Å². The lowest BCUT2D eigenvalue weighted by molar-refractivity contribution is 0.299. The second-order valence-corrected chi connectivity index (χ2v) is 8.36. The topological polar surface area (TPSA) is 103 Å². The molecule has 5 rings (SSSR count). The first-order valence-electron chi connectivity index (χ1n) is 9.49. The van der Waals surface area contributed by atoms with E-state index in [0.29, 0.717) is 29.0 Å². The summed E-state index contributed by atoms with van der Waals surface area (Å²) < 4.78 is 0.958. The van der Waals surface area contributed by atoms with Crippen LogP contribution in [0.5, 0.6) is 5.75 Å². The van der Waals surface area contributed by atoms with Crippen molar-refractivity contribution in [2.24, 2.45) is 0 Å². The van der Waals surface area contributed by atoms with Gasteiger partial charge in [0.15, 0.2) is 10.8 Å². The molecule has 11 heteroatoms. The third-order valence-corrected chi connectivity index (χ3v) is 6.70. The molecule has 164 valence electrons. The number of anilines is 1. The Bertz CT molecular complexity index is 1160. The number of benzene rings is 1. The van der Waals surface area contributed by atoms with Gasteiger partial charge in [0.2, 0.25) is 0 Å². The van der Waals surface area contributed by atoms with Gasteiger partial charge in [-0.25, -0.2) is 0 Å². The van der Waals surface area contributed by atoms with Crippen molar-refractivity contribution in [3.63, 3.8) is 0 Å². The molecule has 0 aliphatic heterocycles. The Hall–Kier alpha value is -2.46. The van der Waals surface area contributed by atoms with Crippen LogP contribution in [-0.2, 0) is 0 Å². The molecule has 1 aliphatic rings. The molecular formula is C20H23Cl2N7OS. The monoisotopic (exact) mass is 479 g/mol. The second-order valence-electron chi connectivity index (χ2n) is 7.35. The molecule has 1 aromatic carbocycles. The molecule has 1 fully saturated rings. The fraction of sp³-hybridized carbons (Fsp3) is 0.300. The average Bonchev–Trinajstić information content (AvgIpc) is 3.36. The second kappa shape index (κ2) is 9.35. The van der Waals surface area contributed by atoms with Crippen LogP contribution >= 0.6 is 36.2 Å². The van der Waals surface area contributed by atoms with Gasteiger partial charge in [0, 0.05) is 36.5 Å². The highest BCUT2D eigenvalue weighted by Crippen LogP contribution is 2.36. The van der Waals surface area contributed by atoms with Crippen LogP contribution in [0.25, 0.3) is 32.7 Å². The molecule has 8 nitrogen and oxygen atoms in total. The van der Waals surface area contributed by atoms with Crippen LogP contribution in [0.3, 0.4) is 0 Å². The average molecular weight is 480 g/mol. The number of nitrogens with one attached hydrogen (secondary N) is 2.